The maximum atomic E-state index is 5.76. The van der Waals surface area contributed by atoms with Crippen LogP contribution in [0.1, 0.15) is 46.0 Å². The van der Waals surface area contributed by atoms with E-state index < -0.39 is 0 Å². The molecule has 0 unspecified atom stereocenters. The number of halogens is 1. The van der Waals surface area contributed by atoms with Gasteiger partial charge in [0, 0.05) is 13.1 Å². The average Bonchev–Trinajstić information content (AvgIpc) is 2.28. The summed E-state index contributed by atoms with van der Waals surface area (Å²) < 4.78 is 0. The number of nitrogens with zero attached hydrogens (tertiary/aromatic N) is 1. The summed E-state index contributed by atoms with van der Waals surface area (Å²) in [5, 5.41) is 3.17. The van der Waals surface area contributed by atoms with Crippen LogP contribution < -0.4 is 11.1 Å². The maximum absolute atomic E-state index is 5.76. The van der Waals surface area contributed by atoms with Crippen molar-refractivity contribution < 1.29 is 0 Å². The highest BCUT2D eigenvalue weighted by molar-refractivity contribution is 14.0. The third kappa shape index (κ3) is 8.46. The lowest BCUT2D eigenvalue weighted by Gasteiger charge is -2.13. The van der Waals surface area contributed by atoms with Gasteiger partial charge in [0.05, 0.1) is 0 Å². The van der Waals surface area contributed by atoms with Gasteiger partial charge in [-0.3, -0.25) is 4.99 Å². The van der Waals surface area contributed by atoms with E-state index in [0.717, 1.165) is 19.5 Å². The van der Waals surface area contributed by atoms with Gasteiger partial charge >= 0.3 is 0 Å². The van der Waals surface area contributed by atoms with E-state index in [2.05, 4.69) is 30.2 Å². The molecule has 1 aliphatic rings. The van der Waals surface area contributed by atoms with Crippen LogP contribution in [-0.4, -0.2) is 19.0 Å². The van der Waals surface area contributed by atoms with Crippen molar-refractivity contribution in [3.05, 3.63) is 11.6 Å². The van der Waals surface area contributed by atoms with E-state index in [-0.39, 0.29) is 24.0 Å². The lowest BCUT2D eigenvalue weighted by Crippen LogP contribution is -2.33. The summed E-state index contributed by atoms with van der Waals surface area (Å²) in [5.74, 6) is 1.16. The second kappa shape index (κ2) is 9.74. The van der Waals surface area contributed by atoms with Crippen LogP contribution >= 0.6 is 24.0 Å². The van der Waals surface area contributed by atoms with Crippen molar-refractivity contribution in [2.24, 2.45) is 16.6 Å². The SMILES string of the molecule is CC(C)CN=C(N)NCCC1=CCCCC1.I. The first-order chi connectivity index (χ1) is 7.68. The third-order valence-electron chi connectivity index (χ3n) is 2.76. The fourth-order valence-electron chi connectivity index (χ4n) is 1.82. The van der Waals surface area contributed by atoms with E-state index in [1.807, 2.05) is 0 Å². The molecule has 0 aromatic rings. The van der Waals surface area contributed by atoms with E-state index in [1.54, 1.807) is 5.57 Å². The zero-order valence-electron chi connectivity index (χ0n) is 11.0. The van der Waals surface area contributed by atoms with Crippen molar-refractivity contribution in [3.63, 3.8) is 0 Å². The standard InChI is InChI=1S/C13H25N3.HI/c1-11(2)10-16-13(14)15-9-8-12-6-4-3-5-7-12;/h6,11H,3-5,7-10H2,1-2H3,(H3,14,15,16);1H. The summed E-state index contributed by atoms with van der Waals surface area (Å²) in [6, 6.07) is 0. The van der Waals surface area contributed by atoms with Crippen LogP contribution in [-0.2, 0) is 0 Å². The van der Waals surface area contributed by atoms with Gasteiger partial charge in [-0.25, -0.2) is 0 Å². The van der Waals surface area contributed by atoms with Gasteiger partial charge in [-0.1, -0.05) is 25.5 Å². The molecule has 0 bridgehead atoms. The Labute approximate surface area is 122 Å². The summed E-state index contributed by atoms with van der Waals surface area (Å²) in [6.45, 7) is 6.01. The van der Waals surface area contributed by atoms with Crippen LogP contribution in [0.15, 0.2) is 16.6 Å². The Hall–Kier alpha value is -0.260. The van der Waals surface area contributed by atoms with Gasteiger partial charge in [-0.2, -0.15) is 0 Å². The Kier molecular flexibility index (Phi) is 9.59. The molecule has 0 aromatic carbocycles. The van der Waals surface area contributed by atoms with Gasteiger partial charge in [0.2, 0.25) is 0 Å². The van der Waals surface area contributed by atoms with Crippen molar-refractivity contribution in [1.82, 2.24) is 5.32 Å². The highest BCUT2D eigenvalue weighted by atomic mass is 127. The van der Waals surface area contributed by atoms with E-state index >= 15 is 0 Å². The number of rotatable bonds is 5. The fraction of sp³-hybridized carbons (Fsp3) is 0.769. The minimum Gasteiger partial charge on any atom is -0.370 e. The number of guanidine groups is 1. The number of hydrogen-bond donors (Lipinski definition) is 2. The van der Waals surface area contributed by atoms with E-state index in [9.17, 15) is 0 Å². The van der Waals surface area contributed by atoms with E-state index in [0.29, 0.717) is 11.9 Å². The number of nitrogens with one attached hydrogen (secondary N) is 1. The van der Waals surface area contributed by atoms with Crippen molar-refractivity contribution in [2.75, 3.05) is 13.1 Å². The summed E-state index contributed by atoms with van der Waals surface area (Å²) in [6.07, 6.45) is 8.72. The number of hydrogen-bond acceptors (Lipinski definition) is 1. The maximum Gasteiger partial charge on any atom is 0.188 e. The monoisotopic (exact) mass is 351 g/mol. The summed E-state index contributed by atoms with van der Waals surface area (Å²) >= 11 is 0. The van der Waals surface area contributed by atoms with E-state index in [1.165, 1.54) is 25.7 Å². The van der Waals surface area contributed by atoms with Crippen LogP contribution in [0.25, 0.3) is 0 Å². The lowest BCUT2D eigenvalue weighted by atomic mass is 9.97. The molecule has 3 N–H and O–H groups in total. The average molecular weight is 351 g/mol. The lowest BCUT2D eigenvalue weighted by molar-refractivity contribution is 0.655. The Balaban J connectivity index is 0.00000256. The second-order valence-electron chi connectivity index (χ2n) is 4.90. The molecule has 0 amide bonds. The van der Waals surface area contributed by atoms with Crippen molar-refractivity contribution in [2.45, 2.75) is 46.0 Å². The molecule has 3 nitrogen and oxygen atoms in total. The highest BCUT2D eigenvalue weighted by Crippen LogP contribution is 2.19. The summed E-state index contributed by atoms with van der Waals surface area (Å²) in [5.41, 5.74) is 7.34. The Morgan fingerprint density at radius 1 is 1.47 bits per heavy atom. The van der Waals surface area contributed by atoms with Crippen molar-refractivity contribution in [3.8, 4) is 0 Å². The zero-order valence-corrected chi connectivity index (χ0v) is 13.4. The molecular formula is C13H26IN3. The molecule has 0 radical (unpaired) electrons. The molecule has 17 heavy (non-hydrogen) atoms. The molecule has 0 fully saturated rings. The minimum absolute atomic E-state index is 0. The van der Waals surface area contributed by atoms with Gasteiger partial charge in [0.25, 0.3) is 0 Å². The molecule has 1 rings (SSSR count). The fourth-order valence-corrected chi connectivity index (χ4v) is 1.82. The van der Waals surface area contributed by atoms with Crippen LogP contribution in [0.3, 0.4) is 0 Å². The van der Waals surface area contributed by atoms with Crippen LogP contribution in [0.2, 0.25) is 0 Å². The Bertz CT molecular complexity index is 259. The van der Waals surface area contributed by atoms with Crippen LogP contribution in [0, 0.1) is 5.92 Å². The van der Waals surface area contributed by atoms with Gasteiger partial charge < -0.3 is 11.1 Å². The second-order valence-corrected chi connectivity index (χ2v) is 4.90. The first kappa shape index (κ1) is 16.7. The van der Waals surface area contributed by atoms with Gasteiger partial charge in [0.15, 0.2) is 5.96 Å². The predicted molar refractivity (Wildman–Crippen MR) is 85.9 cm³/mol. The molecule has 0 saturated heterocycles. The minimum atomic E-state index is 0. The van der Waals surface area contributed by atoms with Crippen LogP contribution in [0.4, 0.5) is 0 Å². The van der Waals surface area contributed by atoms with Gasteiger partial charge in [0.1, 0.15) is 0 Å². The number of nitrogens with two attached hydrogens (primary N) is 1. The molecular weight excluding hydrogens is 325 g/mol. The zero-order chi connectivity index (χ0) is 11.8. The summed E-state index contributed by atoms with van der Waals surface area (Å²) in [4.78, 5) is 4.27. The molecule has 0 aliphatic heterocycles. The molecule has 4 heteroatoms. The highest BCUT2D eigenvalue weighted by Gasteiger charge is 2.03. The van der Waals surface area contributed by atoms with Crippen molar-refractivity contribution in [1.29, 1.82) is 0 Å². The molecule has 0 spiro atoms. The molecule has 0 atom stereocenters. The predicted octanol–water partition coefficient (Wildman–Crippen LogP) is 3.06. The van der Waals surface area contributed by atoms with Gasteiger partial charge in [-0.15, -0.1) is 24.0 Å². The molecule has 0 aromatic heterocycles. The van der Waals surface area contributed by atoms with E-state index in [4.69, 9.17) is 5.73 Å². The Morgan fingerprint density at radius 2 is 2.24 bits per heavy atom. The topological polar surface area (TPSA) is 50.4 Å². The number of aliphatic imine (C=N–C) groups is 1. The first-order valence-corrected chi connectivity index (χ1v) is 6.40. The quantitative estimate of drug-likeness (QED) is 0.346. The molecule has 0 heterocycles. The van der Waals surface area contributed by atoms with Crippen molar-refractivity contribution >= 4 is 29.9 Å². The molecule has 0 saturated carbocycles. The molecule has 100 valence electrons. The summed E-state index contributed by atoms with van der Waals surface area (Å²) in [7, 11) is 0. The number of allylic oxidation sites excluding steroid dienone is 1. The first-order valence-electron chi connectivity index (χ1n) is 6.40. The Morgan fingerprint density at radius 3 is 2.82 bits per heavy atom. The normalized spacial score (nSPS) is 16.4. The van der Waals surface area contributed by atoms with Gasteiger partial charge in [-0.05, 0) is 38.0 Å². The largest absolute Gasteiger partial charge is 0.370 e. The van der Waals surface area contributed by atoms with Crippen LogP contribution in [0.5, 0.6) is 0 Å². The third-order valence-corrected chi connectivity index (χ3v) is 2.76. The smallest absolute Gasteiger partial charge is 0.188 e. The molecule has 1 aliphatic carbocycles.